The normalized spacial score (nSPS) is 17.4. The summed E-state index contributed by atoms with van der Waals surface area (Å²) in [7, 11) is 0. The Hall–Kier alpha value is -3.24. The fraction of sp³-hybridized carbons (Fsp3) is 0.250. The lowest BCUT2D eigenvalue weighted by Crippen LogP contribution is -2.34. The summed E-state index contributed by atoms with van der Waals surface area (Å²) in [6.07, 6.45) is 0.339. The van der Waals surface area contributed by atoms with Gasteiger partial charge in [-0.1, -0.05) is 30.0 Å². The van der Waals surface area contributed by atoms with Crippen LogP contribution in [0.5, 0.6) is 0 Å². The highest BCUT2D eigenvalue weighted by molar-refractivity contribution is 8.15. The number of aliphatic hydroxyl groups excluding tert-OH is 1. The van der Waals surface area contributed by atoms with Gasteiger partial charge in [-0.05, 0) is 30.7 Å². The standard InChI is InChI=1S/C20H20N4O5S/c25-12-4-11-23-19(27)17(30-20(23)22-14-5-2-1-3-6-14)13-18(26)21-15-7-9-16(10-8-15)24(28)29/h1-3,5-10,17,25H,4,11-13H2,(H,21,26)/t17-/m1/s1. The number of hydrogen-bond acceptors (Lipinski definition) is 7. The van der Waals surface area contributed by atoms with Crippen LogP contribution in [-0.2, 0) is 9.59 Å². The molecule has 2 N–H and O–H groups in total. The average Bonchev–Trinajstić information content (AvgIpc) is 3.01. The summed E-state index contributed by atoms with van der Waals surface area (Å²) >= 11 is 1.21. The van der Waals surface area contributed by atoms with Gasteiger partial charge in [0.25, 0.3) is 5.69 Å². The van der Waals surface area contributed by atoms with Crippen LogP contribution in [0, 0.1) is 10.1 Å². The first kappa shape index (κ1) is 21.5. The van der Waals surface area contributed by atoms with E-state index in [1.54, 1.807) is 0 Å². The number of carbonyl (C=O) groups excluding carboxylic acids is 2. The van der Waals surface area contributed by atoms with E-state index in [1.807, 2.05) is 30.3 Å². The van der Waals surface area contributed by atoms with Gasteiger partial charge >= 0.3 is 0 Å². The maximum absolute atomic E-state index is 12.8. The number of para-hydroxylation sites is 1. The number of aliphatic hydroxyl groups is 1. The minimum atomic E-state index is -0.635. The molecule has 9 nitrogen and oxygen atoms in total. The van der Waals surface area contributed by atoms with Crippen LogP contribution in [0.4, 0.5) is 17.1 Å². The first-order valence-electron chi connectivity index (χ1n) is 9.25. The lowest BCUT2D eigenvalue weighted by molar-refractivity contribution is -0.384. The van der Waals surface area contributed by atoms with Crippen LogP contribution < -0.4 is 5.32 Å². The van der Waals surface area contributed by atoms with Crippen molar-refractivity contribution < 1.29 is 19.6 Å². The SMILES string of the molecule is O=C(C[C@H]1SC(=Nc2ccccc2)N(CCCO)C1=O)Nc1ccc([N+](=O)[O-])cc1. The molecule has 1 atom stereocenters. The van der Waals surface area contributed by atoms with Crippen molar-refractivity contribution in [2.75, 3.05) is 18.5 Å². The Balaban J connectivity index is 1.69. The Kier molecular flexibility index (Phi) is 7.15. The first-order valence-corrected chi connectivity index (χ1v) is 10.1. The fourth-order valence-corrected chi connectivity index (χ4v) is 4.00. The third-order valence-corrected chi connectivity index (χ3v) is 5.45. The highest BCUT2D eigenvalue weighted by atomic mass is 32.2. The lowest BCUT2D eigenvalue weighted by Gasteiger charge is -2.15. The van der Waals surface area contributed by atoms with Gasteiger partial charge in [0.2, 0.25) is 11.8 Å². The minimum Gasteiger partial charge on any atom is -0.396 e. The number of hydrogen-bond donors (Lipinski definition) is 2. The van der Waals surface area contributed by atoms with Crippen LogP contribution in [0.3, 0.4) is 0 Å². The van der Waals surface area contributed by atoms with Gasteiger partial charge in [-0.25, -0.2) is 4.99 Å². The van der Waals surface area contributed by atoms with Gasteiger partial charge < -0.3 is 10.4 Å². The van der Waals surface area contributed by atoms with Crippen molar-refractivity contribution in [1.82, 2.24) is 4.90 Å². The van der Waals surface area contributed by atoms with Gasteiger partial charge in [0.15, 0.2) is 5.17 Å². The smallest absolute Gasteiger partial charge is 0.269 e. The van der Waals surface area contributed by atoms with Crippen LogP contribution in [0.25, 0.3) is 0 Å². The van der Waals surface area contributed by atoms with Crippen molar-refractivity contribution >= 4 is 45.8 Å². The summed E-state index contributed by atoms with van der Waals surface area (Å²) in [6, 6.07) is 14.7. The van der Waals surface area contributed by atoms with Crippen LogP contribution >= 0.6 is 11.8 Å². The molecule has 0 bridgehead atoms. The molecule has 1 aliphatic rings. The number of nitro groups is 1. The maximum atomic E-state index is 12.8. The van der Waals surface area contributed by atoms with E-state index in [9.17, 15) is 19.7 Å². The lowest BCUT2D eigenvalue weighted by atomic mass is 10.2. The molecule has 2 aromatic carbocycles. The van der Waals surface area contributed by atoms with Gasteiger partial charge in [-0.3, -0.25) is 24.6 Å². The summed E-state index contributed by atoms with van der Waals surface area (Å²) in [4.78, 5) is 41.4. The Morgan fingerprint density at radius 1 is 1.20 bits per heavy atom. The molecule has 2 amide bonds. The van der Waals surface area contributed by atoms with Gasteiger partial charge in [0.1, 0.15) is 5.25 Å². The molecule has 0 aromatic heterocycles. The number of thioether (sulfide) groups is 1. The van der Waals surface area contributed by atoms with E-state index in [0.29, 0.717) is 29.5 Å². The van der Waals surface area contributed by atoms with Crippen molar-refractivity contribution in [3.05, 3.63) is 64.7 Å². The van der Waals surface area contributed by atoms with Crippen molar-refractivity contribution in [2.24, 2.45) is 4.99 Å². The zero-order valence-electron chi connectivity index (χ0n) is 15.9. The van der Waals surface area contributed by atoms with Crippen molar-refractivity contribution in [2.45, 2.75) is 18.1 Å². The second-order valence-corrected chi connectivity index (χ2v) is 7.63. The van der Waals surface area contributed by atoms with Crippen molar-refractivity contribution in [3.63, 3.8) is 0 Å². The Bertz CT molecular complexity index is 949. The minimum absolute atomic E-state index is 0.0572. The van der Waals surface area contributed by atoms with Crippen molar-refractivity contribution in [1.29, 1.82) is 0 Å². The molecule has 30 heavy (non-hydrogen) atoms. The number of amides is 2. The summed E-state index contributed by atoms with van der Waals surface area (Å²) in [5.41, 5.74) is 1.03. The van der Waals surface area contributed by atoms with Gasteiger partial charge in [-0.15, -0.1) is 0 Å². The Morgan fingerprint density at radius 3 is 2.53 bits per heavy atom. The molecular formula is C20H20N4O5S. The summed E-state index contributed by atoms with van der Waals surface area (Å²) in [5, 5.41) is 22.4. The number of nitro benzene ring substituents is 1. The number of carbonyl (C=O) groups is 2. The molecule has 0 unspecified atom stereocenters. The number of benzene rings is 2. The molecular weight excluding hydrogens is 408 g/mol. The molecule has 1 heterocycles. The molecule has 10 heteroatoms. The molecule has 1 saturated heterocycles. The first-order chi connectivity index (χ1) is 14.5. The molecule has 0 aliphatic carbocycles. The number of nitrogens with zero attached hydrogens (tertiary/aromatic N) is 3. The van der Waals surface area contributed by atoms with Gasteiger partial charge in [0, 0.05) is 37.4 Å². The molecule has 0 saturated carbocycles. The highest BCUT2D eigenvalue weighted by Gasteiger charge is 2.38. The molecule has 156 valence electrons. The molecule has 3 rings (SSSR count). The molecule has 0 radical (unpaired) electrons. The number of nitrogens with one attached hydrogen (secondary N) is 1. The molecule has 1 aliphatic heterocycles. The van der Waals surface area contributed by atoms with Crippen LogP contribution in [0.2, 0.25) is 0 Å². The third kappa shape index (κ3) is 5.43. The van der Waals surface area contributed by atoms with E-state index < -0.39 is 10.2 Å². The summed E-state index contributed by atoms with van der Waals surface area (Å²) in [6.45, 7) is 0.257. The monoisotopic (exact) mass is 428 g/mol. The topological polar surface area (TPSA) is 125 Å². The molecule has 0 spiro atoms. The van der Waals surface area contributed by atoms with Crippen molar-refractivity contribution in [3.8, 4) is 0 Å². The van der Waals surface area contributed by atoms with E-state index in [2.05, 4.69) is 10.3 Å². The predicted molar refractivity (Wildman–Crippen MR) is 115 cm³/mol. The van der Waals surface area contributed by atoms with Gasteiger partial charge in [0.05, 0.1) is 10.6 Å². The number of non-ortho nitro benzene ring substituents is 1. The number of aliphatic imine (C=N–C) groups is 1. The zero-order valence-corrected chi connectivity index (χ0v) is 16.7. The maximum Gasteiger partial charge on any atom is 0.269 e. The van der Waals surface area contributed by atoms with Crippen LogP contribution in [-0.4, -0.2) is 50.3 Å². The Labute approximate surface area is 177 Å². The quantitative estimate of drug-likeness (QED) is 0.492. The number of rotatable bonds is 8. The second kappa shape index (κ2) is 9.99. The zero-order chi connectivity index (χ0) is 21.5. The molecule has 2 aromatic rings. The largest absolute Gasteiger partial charge is 0.396 e. The van der Waals surface area contributed by atoms with E-state index in [1.165, 1.54) is 40.9 Å². The number of anilines is 1. The third-order valence-electron chi connectivity index (χ3n) is 4.27. The second-order valence-electron chi connectivity index (χ2n) is 6.46. The fourth-order valence-electron chi connectivity index (χ4n) is 2.82. The van der Waals surface area contributed by atoms with Gasteiger partial charge in [-0.2, -0.15) is 0 Å². The number of amidine groups is 1. The molecule has 1 fully saturated rings. The van der Waals surface area contributed by atoms with Crippen LogP contribution in [0.15, 0.2) is 59.6 Å². The highest BCUT2D eigenvalue weighted by Crippen LogP contribution is 2.32. The van der Waals surface area contributed by atoms with E-state index in [0.717, 1.165) is 0 Å². The van der Waals surface area contributed by atoms with E-state index >= 15 is 0 Å². The van der Waals surface area contributed by atoms with E-state index in [-0.39, 0.29) is 30.5 Å². The summed E-state index contributed by atoms with van der Waals surface area (Å²) in [5.74, 6) is -0.611. The summed E-state index contributed by atoms with van der Waals surface area (Å²) < 4.78 is 0. The average molecular weight is 428 g/mol. The predicted octanol–water partition coefficient (Wildman–Crippen LogP) is 2.94. The van der Waals surface area contributed by atoms with E-state index in [4.69, 9.17) is 5.11 Å². The Morgan fingerprint density at radius 2 is 1.90 bits per heavy atom. The van der Waals surface area contributed by atoms with Crippen LogP contribution in [0.1, 0.15) is 12.8 Å².